The molecule has 7 heteroatoms. The second-order valence-electron chi connectivity index (χ2n) is 6.62. The van der Waals surface area contributed by atoms with E-state index in [2.05, 4.69) is 10.2 Å². The van der Waals surface area contributed by atoms with Crippen LogP contribution in [0.4, 0.5) is 4.39 Å². The summed E-state index contributed by atoms with van der Waals surface area (Å²) in [6.45, 7) is 2.25. The topological polar surface area (TPSA) is 57.6 Å². The van der Waals surface area contributed by atoms with Gasteiger partial charge in [0.15, 0.2) is 0 Å². The molecule has 1 N–H and O–H groups in total. The summed E-state index contributed by atoms with van der Waals surface area (Å²) in [6, 6.07) is 6.20. The van der Waals surface area contributed by atoms with E-state index in [1.807, 2.05) is 7.05 Å². The van der Waals surface area contributed by atoms with Crippen molar-refractivity contribution in [3.05, 3.63) is 35.8 Å². The first-order valence-electron chi connectivity index (χ1n) is 8.35. The van der Waals surface area contributed by atoms with Gasteiger partial charge >= 0.3 is 0 Å². The molecule has 0 bridgehead atoms. The van der Waals surface area contributed by atoms with Crippen molar-refractivity contribution in [2.75, 3.05) is 40.3 Å². The number of carbonyl (C=O) groups is 2. The summed E-state index contributed by atoms with van der Waals surface area (Å²) in [4.78, 5) is 28.9. The summed E-state index contributed by atoms with van der Waals surface area (Å²) in [5, 5.41) is 3.37. The summed E-state index contributed by atoms with van der Waals surface area (Å²) in [5.74, 6) is -0.796. The number of hydrogen-bond acceptors (Lipinski definition) is 3. The third kappa shape index (κ3) is 3.37. The Hall–Kier alpha value is -2.41. The smallest absolute Gasteiger partial charge is 0.270 e. The second kappa shape index (κ2) is 6.84. The zero-order chi connectivity index (χ0) is 18.1. The minimum atomic E-state index is -0.326. The molecular weight excluding hydrogens is 323 g/mol. The molecule has 2 heterocycles. The standard InChI is InChI=1S/C18H23FN4O2/c1-20-17(24)13-10-21(2)6-7-23(11-13)18(25)16-9-12-8-14(19)4-5-15(12)22(16)3/h4-5,8-9,13H,6-7,10-11H2,1-3H3,(H,20,24)/t13-/m0/s1. The number of fused-ring (bicyclic) bond motifs is 1. The van der Waals surface area contributed by atoms with Gasteiger partial charge in [0, 0.05) is 51.2 Å². The fraction of sp³-hybridized carbons (Fsp3) is 0.444. The Morgan fingerprint density at radius 2 is 1.92 bits per heavy atom. The molecule has 25 heavy (non-hydrogen) atoms. The van der Waals surface area contributed by atoms with E-state index in [1.54, 1.807) is 35.7 Å². The van der Waals surface area contributed by atoms with E-state index in [-0.39, 0.29) is 23.5 Å². The molecule has 0 aliphatic carbocycles. The Bertz CT molecular complexity index is 817. The van der Waals surface area contributed by atoms with E-state index in [4.69, 9.17) is 0 Å². The Labute approximate surface area is 146 Å². The highest BCUT2D eigenvalue weighted by Crippen LogP contribution is 2.22. The fourth-order valence-corrected chi connectivity index (χ4v) is 3.42. The van der Waals surface area contributed by atoms with Crippen LogP contribution in [-0.2, 0) is 11.8 Å². The summed E-state index contributed by atoms with van der Waals surface area (Å²) in [6.07, 6.45) is 0. The van der Waals surface area contributed by atoms with Crippen LogP contribution in [0.25, 0.3) is 10.9 Å². The quantitative estimate of drug-likeness (QED) is 0.885. The molecule has 1 aliphatic rings. The molecule has 134 valence electrons. The number of carbonyl (C=O) groups excluding carboxylic acids is 2. The molecule has 1 atom stereocenters. The minimum absolute atomic E-state index is 0.0642. The molecular formula is C18H23FN4O2. The molecule has 3 rings (SSSR count). The zero-order valence-corrected chi connectivity index (χ0v) is 14.8. The molecule has 6 nitrogen and oxygen atoms in total. The fourth-order valence-electron chi connectivity index (χ4n) is 3.42. The SMILES string of the molecule is CNC(=O)[C@H]1CN(C)CCN(C(=O)c2cc3cc(F)ccc3n2C)C1. The lowest BCUT2D eigenvalue weighted by Gasteiger charge is -2.23. The number of rotatable bonds is 2. The molecule has 0 saturated carbocycles. The number of halogens is 1. The van der Waals surface area contributed by atoms with E-state index >= 15 is 0 Å². The summed E-state index contributed by atoms with van der Waals surface area (Å²) in [7, 11) is 5.36. The molecule has 2 amide bonds. The van der Waals surface area contributed by atoms with Crippen molar-refractivity contribution in [1.82, 2.24) is 19.7 Å². The lowest BCUT2D eigenvalue weighted by atomic mass is 10.1. The molecule has 1 saturated heterocycles. The summed E-state index contributed by atoms with van der Waals surface area (Å²) >= 11 is 0. The van der Waals surface area contributed by atoms with Gasteiger partial charge < -0.3 is 19.7 Å². The summed E-state index contributed by atoms with van der Waals surface area (Å²) in [5.41, 5.74) is 1.31. The maximum atomic E-state index is 13.5. The molecule has 0 spiro atoms. The van der Waals surface area contributed by atoms with Gasteiger partial charge in [-0.15, -0.1) is 0 Å². The van der Waals surface area contributed by atoms with Gasteiger partial charge in [-0.3, -0.25) is 9.59 Å². The third-order valence-corrected chi connectivity index (χ3v) is 4.85. The molecule has 2 aromatic rings. The molecule has 1 fully saturated rings. The minimum Gasteiger partial charge on any atom is -0.359 e. The van der Waals surface area contributed by atoms with Crippen molar-refractivity contribution >= 4 is 22.7 Å². The van der Waals surface area contributed by atoms with Crippen molar-refractivity contribution in [2.45, 2.75) is 0 Å². The van der Waals surface area contributed by atoms with Crippen LogP contribution in [0.5, 0.6) is 0 Å². The Morgan fingerprint density at radius 1 is 1.16 bits per heavy atom. The molecule has 1 aromatic carbocycles. The van der Waals surface area contributed by atoms with Gasteiger partial charge in [-0.05, 0) is 31.3 Å². The average molecular weight is 346 g/mol. The summed E-state index contributed by atoms with van der Waals surface area (Å²) < 4.78 is 15.2. The predicted molar refractivity (Wildman–Crippen MR) is 93.8 cm³/mol. The van der Waals surface area contributed by atoms with Gasteiger partial charge in [-0.2, -0.15) is 0 Å². The lowest BCUT2D eigenvalue weighted by molar-refractivity contribution is -0.125. The molecule has 0 unspecified atom stereocenters. The van der Waals surface area contributed by atoms with Crippen LogP contribution in [0.2, 0.25) is 0 Å². The zero-order valence-electron chi connectivity index (χ0n) is 14.8. The van der Waals surface area contributed by atoms with Crippen molar-refractivity contribution in [3.8, 4) is 0 Å². The van der Waals surface area contributed by atoms with E-state index < -0.39 is 0 Å². The number of hydrogen-bond donors (Lipinski definition) is 1. The van der Waals surface area contributed by atoms with Crippen LogP contribution in [0.3, 0.4) is 0 Å². The van der Waals surface area contributed by atoms with E-state index in [9.17, 15) is 14.0 Å². The lowest BCUT2D eigenvalue weighted by Crippen LogP contribution is -2.41. The van der Waals surface area contributed by atoms with Gasteiger partial charge in [-0.1, -0.05) is 0 Å². The van der Waals surface area contributed by atoms with Crippen LogP contribution < -0.4 is 5.32 Å². The predicted octanol–water partition coefficient (Wildman–Crippen LogP) is 1.07. The van der Waals surface area contributed by atoms with E-state index in [1.165, 1.54) is 12.1 Å². The first-order valence-corrected chi connectivity index (χ1v) is 8.35. The maximum Gasteiger partial charge on any atom is 0.270 e. The van der Waals surface area contributed by atoms with Crippen molar-refractivity contribution in [3.63, 3.8) is 0 Å². The number of nitrogens with zero attached hydrogens (tertiary/aromatic N) is 3. The van der Waals surface area contributed by atoms with Crippen LogP contribution >= 0.6 is 0 Å². The number of aromatic nitrogens is 1. The number of likely N-dealkylation sites (N-methyl/N-ethyl adjacent to an activating group) is 1. The highest BCUT2D eigenvalue weighted by molar-refractivity contribution is 5.99. The van der Waals surface area contributed by atoms with Gasteiger partial charge in [0.05, 0.1) is 5.92 Å². The molecule has 1 aromatic heterocycles. The number of benzene rings is 1. The largest absolute Gasteiger partial charge is 0.359 e. The van der Waals surface area contributed by atoms with Crippen LogP contribution in [0, 0.1) is 11.7 Å². The molecule has 0 radical (unpaired) electrons. The normalized spacial score (nSPS) is 19.0. The highest BCUT2D eigenvalue weighted by atomic mass is 19.1. The van der Waals surface area contributed by atoms with Gasteiger partial charge in [0.2, 0.25) is 5.91 Å². The number of aryl methyl sites for hydroxylation is 1. The van der Waals surface area contributed by atoms with E-state index in [0.29, 0.717) is 37.3 Å². The van der Waals surface area contributed by atoms with Gasteiger partial charge in [0.1, 0.15) is 11.5 Å². The van der Waals surface area contributed by atoms with Crippen LogP contribution in [0.1, 0.15) is 10.5 Å². The van der Waals surface area contributed by atoms with Gasteiger partial charge in [0.25, 0.3) is 5.91 Å². The van der Waals surface area contributed by atoms with E-state index in [0.717, 1.165) is 5.52 Å². The first-order chi connectivity index (χ1) is 11.9. The highest BCUT2D eigenvalue weighted by Gasteiger charge is 2.30. The Morgan fingerprint density at radius 3 is 2.64 bits per heavy atom. The van der Waals surface area contributed by atoms with Crippen LogP contribution in [0.15, 0.2) is 24.3 Å². The number of nitrogens with one attached hydrogen (secondary N) is 1. The monoisotopic (exact) mass is 346 g/mol. The van der Waals surface area contributed by atoms with Gasteiger partial charge in [-0.25, -0.2) is 4.39 Å². The number of amides is 2. The maximum absolute atomic E-state index is 13.5. The Kier molecular flexibility index (Phi) is 4.76. The molecule has 1 aliphatic heterocycles. The first kappa shape index (κ1) is 17.4. The van der Waals surface area contributed by atoms with Crippen molar-refractivity contribution in [2.24, 2.45) is 13.0 Å². The second-order valence-corrected chi connectivity index (χ2v) is 6.62. The van der Waals surface area contributed by atoms with Crippen LogP contribution in [-0.4, -0.2) is 66.5 Å². The van der Waals surface area contributed by atoms with Crippen molar-refractivity contribution < 1.29 is 14.0 Å². The van der Waals surface area contributed by atoms with Crippen molar-refractivity contribution in [1.29, 1.82) is 0 Å². The Balaban J connectivity index is 1.91. The average Bonchev–Trinajstić information content (AvgIpc) is 2.78. The third-order valence-electron chi connectivity index (χ3n) is 4.85.